The number of aromatic nitrogens is 1. The van der Waals surface area contributed by atoms with Gasteiger partial charge in [0.15, 0.2) is 11.5 Å². The summed E-state index contributed by atoms with van der Waals surface area (Å²) in [6.45, 7) is 2.74. The first-order valence-electron chi connectivity index (χ1n) is 8.26. The summed E-state index contributed by atoms with van der Waals surface area (Å²) in [6.07, 6.45) is 2.18. The number of benzene rings is 1. The van der Waals surface area contributed by atoms with Gasteiger partial charge in [0.2, 0.25) is 5.56 Å². The van der Waals surface area contributed by atoms with Crippen molar-refractivity contribution >= 4 is 6.03 Å². The molecular formula is C18H19N3O4. The molecule has 1 fully saturated rings. The van der Waals surface area contributed by atoms with Gasteiger partial charge in [0.05, 0.1) is 12.6 Å². The van der Waals surface area contributed by atoms with Crippen LogP contribution in [-0.2, 0) is 0 Å². The van der Waals surface area contributed by atoms with Crippen LogP contribution in [0.25, 0.3) is 0 Å². The molecule has 2 N–H and O–H groups in total. The van der Waals surface area contributed by atoms with Gasteiger partial charge in [-0.3, -0.25) is 4.79 Å². The van der Waals surface area contributed by atoms with E-state index in [1.165, 1.54) is 6.07 Å². The van der Waals surface area contributed by atoms with Crippen molar-refractivity contribution in [3.8, 4) is 11.5 Å². The second-order valence-corrected chi connectivity index (χ2v) is 6.39. The Morgan fingerprint density at radius 3 is 2.68 bits per heavy atom. The van der Waals surface area contributed by atoms with Gasteiger partial charge in [-0.25, -0.2) is 4.79 Å². The quantitative estimate of drug-likeness (QED) is 0.875. The lowest BCUT2D eigenvalue weighted by Crippen LogP contribution is -2.45. The topological polar surface area (TPSA) is 83.7 Å². The Kier molecular flexibility index (Phi) is 3.63. The molecule has 1 saturated heterocycles. The van der Waals surface area contributed by atoms with Gasteiger partial charge in [0.1, 0.15) is 0 Å². The number of rotatable bonds is 2. The molecule has 0 saturated carbocycles. The summed E-state index contributed by atoms with van der Waals surface area (Å²) < 4.78 is 11.9. The van der Waals surface area contributed by atoms with E-state index in [2.05, 4.69) is 10.3 Å². The lowest BCUT2D eigenvalue weighted by atomic mass is 10.1. The van der Waals surface area contributed by atoms with E-state index in [0.717, 1.165) is 5.56 Å². The molecule has 7 nitrogen and oxygen atoms in total. The van der Waals surface area contributed by atoms with E-state index in [1.807, 2.05) is 31.2 Å². The third kappa shape index (κ3) is 2.93. The zero-order valence-electron chi connectivity index (χ0n) is 13.8. The molecule has 25 heavy (non-hydrogen) atoms. The number of aromatic amines is 1. The van der Waals surface area contributed by atoms with Crippen LogP contribution >= 0.6 is 0 Å². The number of amides is 2. The summed E-state index contributed by atoms with van der Waals surface area (Å²) in [5, 5.41) is 2.92. The molecule has 3 heterocycles. The molecule has 0 bridgehead atoms. The summed E-state index contributed by atoms with van der Waals surface area (Å²) in [7, 11) is 0. The van der Waals surface area contributed by atoms with Crippen LogP contribution in [0.1, 0.15) is 24.9 Å². The Morgan fingerprint density at radius 2 is 2.00 bits per heavy atom. The number of urea groups is 1. The molecule has 7 heteroatoms. The average molecular weight is 341 g/mol. The van der Waals surface area contributed by atoms with Crippen LogP contribution in [0.15, 0.2) is 47.4 Å². The van der Waals surface area contributed by atoms with E-state index in [0.29, 0.717) is 31.0 Å². The summed E-state index contributed by atoms with van der Waals surface area (Å²) in [4.78, 5) is 28.2. The van der Waals surface area contributed by atoms with Crippen LogP contribution < -0.4 is 20.3 Å². The Morgan fingerprint density at radius 1 is 1.28 bits per heavy atom. The number of hydrogen-bond acceptors (Lipinski definition) is 4. The van der Waals surface area contributed by atoms with Crippen molar-refractivity contribution in [2.24, 2.45) is 0 Å². The van der Waals surface area contributed by atoms with Gasteiger partial charge in [0.25, 0.3) is 5.79 Å². The number of nitrogens with zero attached hydrogens (tertiary/aromatic N) is 1. The predicted octanol–water partition coefficient (Wildman–Crippen LogP) is 2.02. The minimum absolute atomic E-state index is 0.191. The van der Waals surface area contributed by atoms with E-state index in [9.17, 15) is 9.59 Å². The Hall–Kier alpha value is -2.96. The second kappa shape index (κ2) is 5.84. The highest BCUT2D eigenvalue weighted by molar-refractivity contribution is 5.75. The van der Waals surface area contributed by atoms with Crippen molar-refractivity contribution < 1.29 is 14.3 Å². The van der Waals surface area contributed by atoms with Gasteiger partial charge < -0.3 is 24.7 Å². The smallest absolute Gasteiger partial charge is 0.318 e. The molecule has 1 aromatic carbocycles. The number of nitrogens with one attached hydrogen (secondary N) is 2. The Labute approximate surface area is 144 Å². The molecule has 1 aromatic heterocycles. The number of pyridine rings is 1. The number of ether oxygens (including phenoxy) is 2. The minimum Gasteiger partial charge on any atom is -0.447 e. The van der Waals surface area contributed by atoms with Gasteiger partial charge >= 0.3 is 6.03 Å². The number of likely N-dealkylation sites (tertiary alicyclic amines) is 1. The number of carbonyl (C=O) groups excluding carboxylic acids is 1. The highest BCUT2D eigenvalue weighted by Crippen LogP contribution is 2.42. The maximum atomic E-state index is 12.5. The predicted molar refractivity (Wildman–Crippen MR) is 90.6 cm³/mol. The van der Waals surface area contributed by atoms with Crippen molar-refractivity contribution in [2.75, 3.05) is 13.1 Å². The first-order valence-corrected chi connectivity index (χ1v) is 8.26. The number of fused-ring (bicyclic) bond motifs is 1. The molecule has 2 amide bonds. The third-order valence-electron chi connectivity index (χ3n) is 4.56. The van der Waals surface area contributed by atoms with Gasteiger partial charge in [0, 0.05) is 25.2 Å². The van der Waals surface area contributed by atoms with E-state index in [4.69, 9.17) is 9.47 Å². The second-order valence-electron chi connectivity index (χ2n) is 6.39. The largest absolute Gasteiger partial charge is 0.447 e. The summed E-state index contributed by atoms with van der Waals surface area (Å²) in [5.74, 6) is 0.622. The van der Waals surface area contributed by atoms with Crippen LogP contribution in [-0.4, -0.2) is 34.8 Å². The first-order chi connectivity index (χ1) is 12.0. The lowest BCUT2D eigenvalue weighted by molar-refractivity contribution is -0.0650. The molecule has 1 unspecified atom stereocenters. The molecule has 4 rings (SSSR count). The van der Waals surface area contributed by atoms with E-state index >= 15 is 0 Å². The zero-order valence-corrected chi connectivity index (χ0v) is 13.8. The van der Waals surface area contributed by atoms with Crippen LogP contribution in [0.2, 0.25) is 0 Å². The average Bonchev–Trinajstić information content (AvgIpc) is 3.17. The van der Waals surface area contributed by atoms with Gasteiger partial charge in [-0.05, 0) is 30.7 Å². The van der Waals surface area contributed by atoms with Crippen LogP contribution in [0.3, 0.4) is 0 Å². The highest BCUT2D eigenvalue weighted by atomic mass is 16.7. The van der Waals surface area contributed by atoms with Crippen molar-refractivity contribution in [2.45, 2.75) is 25.2 Å². The summed E-state index contributed by atoms with van der Waals surface area (Å²) >= 11 is 0. The highest BCUT2D eigenvalue weighted by Gasteiger charge is 2.48. The van der Waals surface area contributed by atoms with E-state index < -0.39 is 5.79 Å². The van der Waals surface area contributed by atoms with Gasteiger partial charge in [-0.15, -0.1) is 0 Å². The normalized spacial score (nSPS) is 18.4. The molecule has 2 aliphatic rings. The van der Waals surface area contributed by atoms with Crippen molar-refractivity contribution in [3.63, 3.8) is 0 Å². The summed E-state index contributed by atoms with van der Waals surface area (Å²) in [6, 6.07) is 10.3. The van der Waals surface area contributed by atoms with Crippen molar-refractivity contribution in [1.29, 1.82) is 0 Å². The molecule has 130 valence electrons. The van der Waals surface area contributed by atoms with E-state index in [-0.39, 0.29) is 17.6 Å². The van der Waals surface area contributed by atoms with E-state index in [1.54, 1.807) is 17.2 Å². The number of para-hydroxylation sites is 2. The number of carbonyl (C=O) groups is 1. The van der Waals surface area contributed by atoms with Gasteiger partial charge in [-0.1, -0.05) is 12.1 Å². The SMILES string of the molecule is CC(NC(=O)N1CCC2(C1)Oc1ccccc1O2)c1cc[nH]c(=O)c1. The fraction of sp³-hybridized carbons (Fsp3) is 0.333. The molecule has 2 aliphatic heterocycles. The van der Waals surface area contributed by atoms with Crippen LogP contribution in [0.5, 0.6) is 11.5 Å². The number of H-pyrrole nitrogens is 1. The molecule has 1 atom stereocenters. The van der Waals surface area contributed by atoms with Crippen LogP contribution in [0, 0.1) is 0 Å². The minimum atomic E-state index is -0.797. The molecule has 0 radical (unpaired) electrons. The maximum absolute atomic E-state index is 12.5. The Balaban J connectivity index is 1.41. The third-order valence-corrected chi connectivity index (χ3v) is 4.56. The zero-order chi connectivity index (χ0) is 17.4. The number of hydrogen-bond donors (Lipinski definition) is 2. The fourth-order valence-corrected chi connectivity index (χ4v) is 3.22. The first kappa shape index (κ1) is 15.6. The fourth-order valence-electron chi connectivity index (χ4n) is 3.22. The van der Waals surface area contributed by atoms with Crippen molar-refractivity contribution in [3.05, 3.63) is 58.5 Å². The molecule has 0 aliphatic carbocycles. The molecule has 1 spiro atoms. The molecule has 2 aromatic rings. The standard InChI is InChI=1S/C18H19N3O4/c1-12(13-6-8-19-16(22)10-13)20-17(23)21-9-7-18(11-21)24-14-4-2-3-5-15(14)25-18/h2-6,8,10,12H,7,9,11H2,1H3,(H,19,22)(H,20,23). The Bertz CT molecular complexity index is 838. The lowest BCUT2D eigenvalue weighted by Gasteiger charge is -2.24. The van der Waals surface area contributed by atoms with Gasteiger partial charge in [-0.2, -0.15) is 0 Å². The molecular weight excluding hydrogens is 322 g/mol. The van der Waals surface area contributed by atoms with Crippen molar-refractivity contribution in [1.82, 2.24) is 15.2 Å². The maximum Gasteiger partial charge on any atom is 0.318 e. The monoisotopic (exact) mass is 341 g/mol. The van der Waals surface area contributed by atoms with Crippen LogP contribution in [0.4, 0.5) is 4.79 Å². The summed E-state index contributed by atoms with van der Waals surface area (Å²) in [5.41, 5.74) is 0.566.